The van der Waals surface area contributed by atoms with Crippen molar-refractivity contribution < 1.29 is 8.60 Å². The summed E-state index contributed by atoms with van der Waals surface area (Å²) in [5.74, 6) is 0.00496. The van der Waals surface area contributed by atoms with Crippen molar-refractivity contribution in [3.8, 4) is 6.07 Å². The molecule has 6 heteroatoms. The largest absolute Gasteiger partial charge is 0.380 e. The Labute approximate surface area is 136 Å². The summed E-state index contributed by atoms with van der Waals surface area (Å²) in [6.45, 7) is 0.246. The Morgan fingerprint density at radius 2 is 2.09 bits per heavy atom. The van der Waals surface area contributed by atoms with Gasteiger partial charge in [-0.15, -0.1) is 0 Å². The van der Waals surface area contributed by atoms with Crippen LogP contribution < -0.4 is 5.32 Å². The predicted octanol–water partition coefficient (Wildman–Crippen LogP) is 3.84. The van der Waals surface area contributed by atoms with Crippen LogP contribution in [0.2, 0.25) is 5.02 Å². The van der Waals surface area contributed by atoms with Gasteiger partial charge < -0.3 is 5.32 Å². The summed E-state index contributed by atoms with van der Waals surface area (Å²) < 4.78 is 25.1. The summed E-state index contributed by atoms with van der Waals surface area (Å²) in [7, 11) is -0.940. The Morgan fingerprint density at radius 3 is 2.73 bits per heavy atom. The summed E-state index contributed by atoms with van der Waals surface area (Å²) in [5, 5.41) is 12.3. The molecule has 0 spiro atoms. The van der Waals surface area contributed by atoms with Crippen LogP contribution in [-0.2, 0) is 23.1 Å². The lowest BCUT2D eigenvalue weighted by atomic mass is 10.1. The minimum Gasteiger partial charge on any atom is -0.380 e. The van der Waals surface area contributed by atoms with Gasteiger partial charge in [-0.3, -0.25) is 4.21 Å². The van der Waals surface area contributed by atoms with Crippen molar-refractivity contribution in [1.29, 1.82) is 5.26 Å². The fraction of sp³-hybridized carbons (Fsp3) is 0.188. The van der Waals surface area contributed by atoms with E-state index in [2.05, 4.69) is 5.32 Å². The monoisotopic (exact) mass is 336 g/mol. The number of hydrogen-bond donors (Lipinski definition) is 1. The number of rotatable bonds is 5. The third-order valence-corrected chi connectivity index (χ3v) is 4.12. The van der Waals surface area contributed by atoms with Crippen LogP contribution in [0.25, 0.3) is 0 Å². The Bertz CT molecular complexity index is 758. The molecule has 1 unspecified atom stereocenters. The molecular formula is C16H14ClFN2OS. The van der Waals surface area contributed by atoms with E-state index in [1.54, 1.807) is 24.5 Å². The first-order valence-corrected chi connectivity index (χ1v) is 8.61. The van der Waals surface area contributed by atoms with Crippen LogP contribution in [0.1, 0.15) is 16.7 Å². The van der Waals surface area contributed by atoms with Gasteiger partial charge >= 0.3 is 0 Å². The maximum atomic E-state index is 13.8. The first-order valence-electron chi connectivity index (χ1n) is 6.50. The number of halogens is 2. The van der Waals surface area contributed by atoms with E-state index in [4.69, 9.17) is 16.9 Å². The van der Waals surface area contributed by atoms with Crippen molar-refractivity contribution in [3.63, 3.8) is 0 Å². The van der Waals surface area contributed by atoms with Crippen molar-refractivity contribution >= 4 is 28.1 Å². The van der Waals surface area contributed by atoms with Gasteiger partial charge in [0.25, 0.3) is 0 Å². The maximum absolute atomic E-state index is 13.8. The van der Waals surface area contributed by atoms with Crippen molar-refractivity contribution in [2.75, 3.05) is 11.6 Å². The molecule has 22 heavy (non-hydrogen) atoms. The van der Waals surface area contributed by atoms with Crippen molar-refractivity contribution in [1.82, 2.24) is 0 Å². The molecule has 0 aliphatic rings. The highest BCUT2D eigenvalue weighted by molar-refractivity contribution is 7.83. The third-order valence-electron chi connectivity index (χ3n) is 3.05. The normalized spacial score (nSPS) is 11.7. The van der Waals surface area contributed by atoms with E-state index >= 15 is 0 Å². The molecule has 3 nitrogen and oxygen atoms in total. The van der Waals surface area contributed by atoms with Crippen LogP contribution in [0, 0.1) is 17.1 Å². The van der Waals surface area contributed by atoms with Crippen molar-refractivity contribution in [2.45, 2.75) is 12.3 Å². The zero-order valence-corrected chi connectivity index (χ0v) is 13.5. The molecule has 2 aromatic carbocycles. The molecule has 2 aromatic rings. The fourth-order valence-corrected chi connectivity index (χ4v) is 2.82. The summed E-state index contributed by atoms with van der Waals surface area (Å²) >= 11 is 6.11. The molecule has 1 N–H and O–H groups in total. The minimum atomic E-state index is -0.940. The Kier molecular flexibility index (Phi) is 5.53. The van der Waals surface area contributed by atoms with E-state index in [1.807, 2.05) is 18.2 Å². The van der Waals surface area contributed by atoms with E-state index in [9.17, 15) is 8.60 Å². The minimum absolute atomic E-state index is 0.246. The molecule has 0 fully saturated rings. The molecule has 1 atom stereocenters. The molecule has 0 aliphatic carbocycles. The molecule has 0 saturated heterocycles. The van der Waals surface area contributed by atoms with Gasteiger partial charge in [0.05, 0.1) is 22.3 Å². The molecule has 0 bridgehead atoms. The van der Waals surface area contributed by atoms with Gasteiger partial charge in [-0.1, -0.05) is 23.7 Å². The van der Waals surface area contributed by atoms with Gasteiger partial charge in [-0.05, 0) is 29.8 Å². The van der Waals surface area contributed by atoms with E-state index < -0.39 is 16.6 Å². The van der Waals surface area contributed by atoms with Gasteiger partial charge in [0, 0.05) is 34.9 Å². The lowest BCUT2D eigenvalue weighted by molar-refractivity contribution is 0.612. The zero-order chi connectivity index (χ0) is 16.1. The first-order chi connectivity index (χ1) is 10.5. The Morgan fingerprint density at radius 1 is 1.32 bits per heavy atom. The van der Waals surface area contributed by atoms with E-state index in [0.29, 0.717) is 22.0 Å². The van der Waals surface area contributed by atoms with Crippen LogP contribution >= 0.6 is 11.6 Å². The number of nitriles is 1. The van der Waals surface area contributed by atoms with Gasteiger partial charge in [-0.2, -0.15) is 5.26 Å². The molecule has 0 aromatic heterocycles. The molecule has 0 amide bonds. The molecule has 114 valence electrons. The molecule has 0 radical (unpaired) electrons. The fourth-order valence-electron chi connectivity index (χ4n) is 1.98. The Hall–Kier alpha value is -1.90. The Balaban J connectivity index is 2.14. The lowest BCUT2D eigenvalue weighted by Crippen LogP contribution is -2.03. The van der Waals surface area contributed by atoms with Crippen LogP contribution in [0.15, 0.2) is 36.4 Å². The number of anilines is 1. The van der Waals surface area contributed by atoms with Crippen LogP contribution in [0.3, 0.4) is 0 Å². The zero-order valence-electron chi connectivity index (χ0n) is 11.9. The van der Waals surface area contributed by atoms with Crippen molar-refractivity contribution in [2.24, 2.45) is 0 Å². The second-order valence-electron chi connectivity index (χ2n) is 4.80. The third kappa shape index (κ3) is 4.30. The standard InChI is InChI=1S/C16H14ClFN2OS/c1-22(21)10-12-3-5-14(17)16(7-12)20-9-13-4-2-11(8-19)6-15(13)18/h2-7,20H,9-10H2,1H3. The molecule has 0 heterocycles. The smallest absolute Gasteiger partial charge is 0.129 e. The average Bonchev–Trinajstić information content (AvgIpc) is 2.48. The topological polar surface area (TPSA) is 52.9 Å². The molecule has 0 aliphatic heterocycles. The molecule has 0 saturated carbocycles. The highest BCUT2D eigenvalue weighted by atomic mass is 35.5. The summed E-state index contributed by atoms with van der Waals surface area (Å²) in [6.07, 6.45) is 1.63. The summed E-state index contributed by atoms with van der Waals surface area (Å²) in [6, 6.07) is 11.6. The quantitative estimate of drug-likeness (QED) is 0.902. The van der Waals surface area contributed by atoms with Crippen LogP contribution in [0.5, 0.6) is 0 Å². The van der Waals surface area contributed by atoms with Gasteiger partial charge in [-0.25, -0.2) is 4.39 Å². The van der Waals surface area contributed by atoms with Gasteiger partial charge in [0.2, 0.25) is 0 Å². The van der Waals surface area contributed by atoms with Crippen LogP contribution in [-0.4, -0.2) is 10.5 Å². The van der Waals surface area contributed by atoms with Crippen LogP contribution in [0.4, 0.5) is 10.1 Å². The number of hydrogen-bond acceptors (Lipinski definition) is 3. The highest BCUT2D eigenvalue weighted by Crippen LogP contribution is 2.24. The number of nitrogens with zero attached hydrogens (tertiary/aromatic N) is 1. The average molecular weight is 337 g/mol. The number of nitrogens with one attached hydrogen (secondary N) is 1. The lowest BCUT2D eigenvalue weighted by Gasteiger charge is -2.11. The van der Waals surface area contributed by atoms with E-state index in [1.165, 1.54) is 6.07 Å². The van der Waals surface area contributed by atoms with E-state index in [0.717, 1.165) is 5.56 Å². The summed E-state index contributed by atoms with van der Waals surface area (Å²) in [5.41, 5.74) is 2.28. The number of benzene rings is 2. The van der Waals surface area contributed by atoms with Crippen molar-refractivity contribution in [3.05, 3.63) is 63.9 Å². The predicted molar refractivity (Wildman–Crippen MR) is 87.7 cm³/mol. The van der Waals surface area contributed by atoms with Gasteiger partial charge in [0.1, 0.15) is 5.82 Å². The first kappa shape index (κ1) is 16.5. The second kappa shape index (κ2) is 7.39. The van der Waals surface area contributed by atoms with Gasteiger partial charge in [0.15, 0.2) is 0 Å². The molecule has 2 rings (SSSR count). The highest BCUT2D eigenvalue weighted by Gasteiger charge is 2.07. The molecular weight excluding hydrogens is 323 g/mol. The maximum Gasteiger partial charge on any atom is 0.129 e. The SMILES string of the molecule is CS(=O)Cc1ccc(Cl)c(NCc2ccc(C#N)cc2F)c1. The second-order valence-corrected chi connectivity index (χ2v) is 6.65. The van der Waals surface area contributed by atoms with E-state index in [-0.39, 0.29) is 12.1 Å². The summed E-state index contributed by atoms with van der Waals surface area (Å²) in [4.78, 5) is 0.